The van der Waals surface area contributed by atoms with E-state index in [0.717, 1.165) is 24.9 Å². The molecule has 2 aromatic rings. The van der Waals surface area contributed by atoms with Gasteiger partial charge in [-0.25, -0.2) is 0 Å². The minimum Gasteiger partial charge on any atom is -0.349 e. The molecule has 0 aromatic heterocycles. The summed E-state index contributed by atoms with van der Waals surface area (Å²) in [5.41, 5.74) is 4.55. The molecule has 2 aromatic carbocycles. The number of benzene rings is 2. The second kappa shape index (κ2) is 10.2. The molecule has 4 rings (SSSR count). The molecule has 7 heteroatoms. The maximum atomic E-state index is 12.7. The highest BCUT2D eigenvalue weighted by Gasteiger charge is 2.26. The number of rotatable bonds is 7. The summed E-state index contributed by atoms with van der Waals surface area (Å²) in [6.07, 6.45) is 5.74. The number of nitrogens with zero attached hydrogens (tertiary/aromatic N) is 2. The summed E-state index contributed by atoms with van der Waals surface area (Å²) in [4.78, 5) is 15.2. The van der Waals surface area contributed by atoms with Crippen LogP contribution < -0.4 is 5.32 Å². The molecule has 2 atom stereocenters. The molecule has 0 saturated carbocycles. The number of nitrogens with one attached hydrogen (secondary N) is 1. The first kappa shape index (κ1) is 21.7. The monoisotopic (exact) mass is 439 g/mol. The van der Waals surface area contributed by atoms with Crippen LogP contribution in [0.1, 0.15) is 66.4 Å². The van der Waals surface area contributed by atoms with Crippen molar-refractivity contribution in [1.29, 1.82) is 0 Å². The number of hydrogen-bond donors (Lipinski definition) is 1. The average molecular weight is 440 g/mol. The molecule has 1 saturated heterocycles. The molecule has 2 unspecified atom stereocenters. The molecule has 2 aliphatic rings. The van der Waals surface area contributed by atoms with Crippen molar-refractivity contribution in [3.63, 3.8) is 0 Å². The van der Waals surface area contributed by atoms with Gasteiger partial charge in [-0.05, 0) is 61.0 Å². The number of piperidine rings is 1. The molecule has 1 aliphatic heterocycles. The van der Waals surface area contributed by atoms with Crippen LogP contribution in [0.3, 0.4) is 0 Å². The van der Waals surface area contributed by atoms with Crippen molar-refractivity contribution in [3.8, 4) is 0 Å². The zero-order chi connectivity index (χ0) is 21.6. The van der Waals surface area contributed by atoms with E-state index >= 15 is 0 Å². The molecule has 31 heavy (non-hydrogen) atoms. The number of aryl methyl sites for hydroxylation is 1. The zero-order valence-corrected chi connectivity index (χ0v) is 18.5. The minimum atomic E-state index is -2.57. The van der Waals surface area contributed by atoms with Gasteiger partial charge in [-0.1, -0.05) is 55.0 Å². The Balaban J connectivity index is 1.40. The minimum absolute atomic E-state index is 0.0108. The van der Waals surface area contributed by atoms with Crippen LogP contribution in [0.15, 0.2) is 52.9 Å². The first-order valence-electron chi connectivity index (χ1n) is 11.1. The van der Waals surface area contributed by atoms with Crippen LogP contribution in [0.2, 0.25) is 0 Å². The van der Waals surface area contributed by atoms with Crippen molar-refractivity contribution in [2.24, 2.45) is 4.36 Å². The number of carbonyl (C=O) groups excluding carboxylic acids is 1. The molecular weight excluding hydrogens is 410 g/mol. The van der Waals surface area contributed by atoms with E-state index in [1.54, 1.807) is 12.1 Å². The van der Waals surface area contributed by atoms with Gasteiger partial charge in [0.25, 0.3) is 0 Å². The van der Waals surface area contributed by atoms with Crippen LogP contribution in [0.4, 0.5) is 0 Å². The van der Waals surface area contributed by atoms with E-state index in [4.69, 9.17) is 0 Å². The summed E-state index contributed by atoms with van der Waals surface area (Å²) in [7, 11) is -2.57. The Bertz CT molecular complexity index is 1040. The normalized spacial score (nSPS) is 19.4. The van der Waals surface area contributed by atoms with Crippen LogP contribution in [0.5, 0.6) is 0 Å². The maximum Gasteiger partial charge on any atom is 0.311 e. The Morgan fingerprint density at radius 3 is 2.61 bits per heavy atom. The van der Waals surface area contributed by atoms with Crippen LogP contribution in [-0.4, -0.2) is 32.3 Å². The molecule has 1 fully saturated rings. The number of fused-ring (bicyclic) bond motifs is 1. The lowest BCUT2D eigenvalue weighted by atomic mass is 10.0. The molecule has 1 aliphatic carbocycles. The second-order valence-electron chi connectivity index (χ2n) is 8.48. The molecule has 6 nitrogen and oxygen atoms in total. The summed E-state index contributed by atoms with van der Waals surface area (Å²) in [6, 6.07) is 15.0. The molecule has 1 heterocycles. The van der Waals surface area contributed by atoms with Gasteiger partial charge in [0.15, 0.2) is 0 Å². The zero-order valence-electron chi connectivity index (χ0n) is 17.7. The van der Waals surface area contributed by atoms with Gasteiger partial charge in [0.2, 0.25) is 5.91 Å². The van der Waals surface area contributed by atoms with Gasteiger partial charge in [-0.2, -0.15) is 12.8 Å². The predicted octanol–water partition coefficient (Wildman–Crippen LogP) is 3.97. The van der Waals surface area contributed by atoms with Gasteiger partial charge in [-0.3, -0.25) is 9.69 Å². The number of amides is 1. The molecule has 164 valence electrons. The van der Waals surface area contributed by atoms with Crippen molar-refractivity contribution < 1.29 is 13.2 Å². The van der Waals surface area contributed by atoms with E-state index in [-0.39, 0.29) is 18.4 Å². The Kier molecular flexibility index (Phi) is 7.14. The fourth-order valence-corrected chi connectivity index (χ4v) is 5.12. The van der Waals surface area contributed by atoms with E-state index in [2.05, 4.69) is 32.8 Å². The van der Waals surface area contributed by atoms with Gasteiger partial charge >= 0.3 is 10.5 Å². The van der Waals surface area contributed by atoms with Gasteiger partial charge in [0, 0.05) is 6.54 Å². The van der Waals surface area contributed by atoms with E-state index in [9.17, 15) is 13.2 Å². The Labute approximate surface area is 185 Å². The van der Waals surface area contributed by atoms with Gasteiger partial charge in [0.05, 0.1) is 12.5 Å². The smallest absolute Gasteiger partial charge is 0.311 e. The first-order valence-corrected chi connectivity index (χ1v) is 12.1. The third kappa shape index (κ3) is 5.80. The second-order valence-corrected chi connectivity index (χ2v) is 9.13. The molecule has 0 bridgehead atoms. The highest BCUT2D eigenvalue weighted by Crippen LogP contribution is 2.33. The number of hydrogen-bond acceptors (Lipinski definition) is 5. The average Bonchev–Trinajstić information content (AvgIpc) is 3.16. The lowest BCUT2D eigenvalue weighted by Gasteiger charge is -2.26. The van der Waals surface area contributed by atoms with Crippen LogP contribution in [0, 0.1) is 0 Å². The lowest BCUT2D eigenvalue weighted by molar-refractivity contribution is -0.122. The van der Waals surface area contributed by atoms with Crippen molar-refractivity contribution >= 4 is 16.4 Å². The van der Waals surface area contributed by atoms with Gasteiger partial charge in [0.1, 0.15) is 6.04 Å². The number of likely N-dealkylation sites (tertiary alicyclic amines) is 1. The maximum absolute atomic E-state index is 12.7. The lowest BCUT2D eigenvalue weighted by Crippen LogP contribution is -2.29. The Hall–Kier alpha value is -2.51. The van der Waals surface area contributed by atoms with E-state index < -0.39 is 16.5 Å². The van der Waals surface area contributed by atoms with Crippen LogP contribution >= 0.6 is 0 Å². The van der Waals surface area contributed by atoms with E-state index in [1.807, 2.05) is 18.2 Å². The Morgan fingerprint density at radius 1 is 1.10 bits per heavy atom. The van der Waals surface area contributed by atoms with Gasteiger partial charge in [-0.15, -0.1) is 0 Å². The third-order valence-electron chi connectivity index (χ3n) is 6.25. The molecule has 0 radical (unpaired) electrons. The standard InChI is InChI=1S/C24H29N3O3S/c28-24(16-23(26-31(29)30)19-7-3-1-4-8-19)25-22-12-10-20-15-18(9-11-21(20)22)17-27-13-5-2-6-14-27/h1,3-4,7-9,11,15,22-23H,2,5-6,10,12-14,16-17H2,(H,25,28). The summed E-state index contributed by atoms with van der Waals surface area (Å²) in [5.74, 6) is -0.182. The topological polar surface area (TPSA) is 78.8 Å². The summed E-state index contributed by atoms with van der Waals surface area (Å²) in [6.45, 7) is 3.35. The van der Waals surface area contributed by atoms with Crippen molar-refractivity contribution in [2.45, 2.75) is 57.2 Å². The molecule has 1 amide bonds. The molecular formula is C24H29N3O3S. The molecule has 0 spiro atoms. The van der Waals surface area contributed by atoms with Gasteiger partial charge < -0.3 is 5.32 Å². The fourth-order valence-electron chi connectivity index (χ4n) is 4.72. The summed E-state index contributed by atoms with van der Waals surface area (Å²) in [5, 5.41) is 3.10. The predicted molar refractivity (Wildman–Crippen MR) is 120 cm³/mol. The van der Waals surface area contributed by atoms with Crippen molar-refractivity contribution in [3.05, 3.63) is 70.8 Å². The van der Waals surface area contributed by atoms with Crippen LogP contribution in [-0.2, 0) is 28.3 Å². The fraction of sp³-hybridized carbons (Fsp3) is 0.458. The number of carbonyl (C=O) groups is 1. The Morgan fingerprint density at radius 2 is 1.87 bits per heavy atom. The van der Waals surface area contributed by atoms with E-state index in [1.165, 1.54) is 49.0 Å². The SMILES string of the molecule is O=C(CC(N=S(=O)=O)c1ccccc1)NC1CCc2cc(CN3CCCCC3)ccc21. The third-order valence-corrected chi connectivity index (χ3v) is 6.68. The highest BCUT2D eigenvalue weighted by atomic mass is 32.2. The molecule has 1 N–H and O–H groups in total. The van der Waals surface area contributed by atoms with Crippen LogP contribution in [0.25, 0.3) is 0 Å². The van der Waals surface area contributed by atoms with E-state index in [0.29, 0.717) is 0 Å². The van der Waals surface area contributed by atoms with Crippen molar-refractivity contribution in [1.82, 2.24) is 10.2 Å². The quantitative estimate of drug-likeness (QED) is 0.708. The largest absolute Gasteiger partial charge is 0.349 e. The van der Waals surface area contributed by atoms with Crippen molar-refractivity contribution in [2.75, 3.05) is 13.1 Å². The first-order chi connectivity index (χ1) is 15.1. The highest BCUT2D eigenvalue weighted by molar-refractivity contribution is 7.61. The summed E-state index contributed by atoms with van der Waals surface area (Å²) >= 11 is 0. The summed E-state index contributed by atoms with van der Waals surface area (Å²) < 4.78 is 26.0.